The number of hydrogen-bond donors (Lipinski definition) is 1. The molecule has 1 amide bonds. The highest BCUT2D eigenvalue weighted by molar-refractivity contribution is 7.89. The van der Waals surface area contributed by atoms with Gasteiger partial charge in [-0.25, -0.2) is 8.42 Å². The van der Waals surface area contributed by atoms with Crippen molar-refractivity contribution in [1.29, 1.82) is 0 Å². The SMILES string of the molecule is O=C(O)[C@H]1CCCN1S(=O)(=O)C1CN(C(=O)C2CCCC2)C1. The molecule has 0 bridgehead atoms. The van der Waals surface area contributed by atoms with Gasteiger partial charge in [-0.2, -0.15) is 4.31 Å². The zero-order valence-electron chi connectivity index (χ0n) is 12.5. The molecule has 3 rings (SSSR count). The maximum Gasteiger partial charge on any atom is 0.322 e. The van der Waals surface area contributed by atoms with Gasteiger partial charge in [-0.3, -0.25) is 9.59 Å². The van der Waals surface area contributed by atoms with Gasteiger partial charge in [-0.1, -0.05) is 12.8 Å². The van der Waals surface area contributed by atoms with Crippen LogP contribution in [0.5, 0.6) is 0 Å². The Morgan fingerprint density at radius 3 is 2.23 bits per heavy atom. The van der Waals surface area contributed by atoms with Crippen LogP contribution in [0.4, 0.5) is 0 Å². The molecule has 1 aliphatic carbocycles. The molecule has 1 saturated carbocycles. The summed E-state index contributed by atoms with van der Waals surface area (Å²) in [6.07, 6.45) is 4.89. The van der Waals surface area contributed by atoms with E-state index in [1.54, 1.807) is 4.90 Å². The topological polar surface area (TPSA) is 95.0 Å². The third-order valence-corrected chi connectivity index (χ3v) is 7.33. The van der Waals surface area contributed by atoms with Gasteiger partial charge >= 0.3 is 5.97 Å². The summed E-state index contributed by atoms with van der Waals surface area (Å²) >= 11 is 0. The fourth-order valence-corrected chi connectivity index (χ4v) is 5.77. The van der Waals surface area contributed by atoms with Gasteiger partial charge in [-0.15, -0.1) is 0 Å². The second-order valence-corrected chi connectivity index (χ2v) is 8.66. The summed E-state index contributed by atoms with van der Waals surface area (Å²) < 4.78 is 26.2. The zero-order chi connectivity index (χ0) is 15.9. The number of likely N-dealkylation sites (tertiary alicyclic amines) is 1. The first kappa shape index (κ1) is 15.7. The summed E-state index contributed by atoms with van der Waals surface area (Å²) in [6.45, 7) is 0.688. The third-order valence-electron chi connectivity index (χ3n) is 5.10. The Hall–Kier alpha value is -1.15. The van der Waals surface area contributed by atoms with E-state index in [2.05, 4.69) is 0 Å². The fraction of sp³-hybridized carbons (Fsp3) is 0.857. The lowest BCUT2D eigenvalue weighted by Crippen LogP contribution is -2.61. The molecular weight excluding hydrogens is 308 g/mol. The smallest absolute Gasteiger partial charge is 0.322 e. The van der Waals surface area contributed by atoms with Gasteiger partial charge in [0.2, 0.25) is 15.9 Å². The molecule has 0 unspecified atom stereocenters. The van der Waals surface area contributed by atoms with Crippen LogP contribution in [-0.2, 0) is 19.6 Å². The van der Waals surface area contributed by atoms with Crippen molar-refractivity contribution >= 4 is 21.9 Å². The number of sulfonamides is 1. The Balaban J connectivity index is 1.61. The summed E-state index contributed by atoms with van der Waals surface area (Å²) in [6, 6.07) is -0.940. The number of carbonyl (C=O) groups is 2. The first-order chi connectivity index (χ1) is 10.4. The Kier molecular flexibility index (Phi) is 4.15. The van der Waals surface area contributed by atoms with Crippen molar-refractivity contribution < 1.29 is 23.1 Å². The van der Waals surface area contributed by atoms with E-state index in [0.717, 1.165) is 30.0 Å². The Bertz CT molecular complexity index is 564. The molecule has 0 radical (unpaired) electrons. The van der Waals surface area contributed by atoms with E-state index < -0.39 is 27.3 Å². The molecule has 2 aliphatic heterocycles. The van der Waals surface area contributed by atoms with E-state index >= 15 is 0 Å². The molecule has 0 spiro atoms. The predicted octanol–water partition coefficient (Wildman–Crippen LogP) is 0.266. The van der Waals surface area contributed by atoms with E-state index in [1.807, 2.05) is 0 Å². The van der Waals surface area contributed by atoms with Crippen molar-refractivity contribution in [2.75, 3.05) is 19.6 Å². The zero-order valence-corrected chi connectivity index (χ0v) is 13.3. The number of hydrogen-bond acceptors (Lipinski definition) is 4. The maximum absolute atomic E-state index is 12.5. The second kappa shape index (κ2) is 5.81. The highest BCUT2D eigenvalue weighted by Crippen LogP contribution is 2.31. The van der Waals surface area contributed by atoms with E-state index in [9.17, 15) is 18.0 Å². The van der Waals surface area contributed by atoms with Crippen LogP contribution in [0.25, 0.3) is 0 Å². The van der Waals surface area contributed by atoms with Crippen LogP contribution in [0.1, 0.15) is 38.5 Å². The van der Waals surface area contributed by atoms with E-state index in [1.165, 1.54) is 0 Å². The lowest BCUT2D eigenvalue weighted by atomic mass is 10.0. The molecule has 8 heteroatoms. The molecule has 2 saturated heterocycles. The monoisotopic (exact) mass is 330 g/mol. The van der Waals surface area contributed by atoms with Crippen LogP contribution in [0.15, 0.2) is 0 Å². The van der Waals surface area contributed by atoms with Crippen LogP contribution in [0, 0.1) is 5.92 Å². The lowest BCUT2D eigenvalue weighted by molar-refractivity contribution is -0.141. The summed E-state index contributed by atoms with van der Waals surface area (Å²) in [5.41, 5.74) is 0. The summed E-state index contributed by atoms with van der Waals surface area (Å²) in [5, 5.41) is 8.49. The number of carboxylic acid groups (broad SMARTS) is 1. The lowest BCUT2D eigenvalue weighted by Gasteiger charge is -2.41. The standard InChI is InChI=1S/C14H22N2O5S/c17-13(10-4-1-2-5-10)15-8-11(9-15)22(20,21)16-7-3-6-12(16)14(18)19/h10-12H,1-9H2,(H,18,19)/t12-/m1/s1. The van der Waals surface area contributed by atoms with Crippen LogP contribution >= 0.6 is 0 Å². The Morgan fingerprint density at radius 2 is 1.64 bits per heavy atom. The highest BCUT2D eigenvalue weighted by Gasteiger charge is 2.48. The van der Waals surface area contributed by atoms with Crippen molar-refractivity contribution in [2.24, 2.45) is 5.92 Å². The molecule has 1 atom stereocenters. The molecule has 22 heavy (non-hydrogen) atoms. The maximum atomic E-state index is 12.5. The minimum atomic E-state index is -3.63. The number of rotatable bonds is 4. The average Bonchev–Trinajstić information content (AvgIpc) is 3.08. The fourth-order valence-electron chi connectivity index (χ4n) is 3.72. The summed E-state index contributed by atoms with van der Waals surface area (Å²) in [5.74, 6) is -0.957. The highest BCUT2D eigenvalue weighted by atomic mass is 32.2. The molecule has 2 heterocycles. The van der Waals surface area contributed by atoms with Crippen LogP contribution in [0.2, 0.25) is 0 Å². The van der Waals surface area contributed by atoms with Gasteiger partial charge in [0, 0.05) is 25.6 Å². The number of nitrogens with zero attached hydrogens (tertiary/aromatic N) is 2. The van der Waals surface area contributed by atoms with Crippen LogP contribution < -0.4 is 0 Å². The first-order valence-electron chi connectivity index (χ1n) is 7.93. The van der Waals surface area contributed by atoms with Gasteiger partial charge in [0.25, 0.3) is 0 Å². The summed E-state index contributed by atoms with van der Waals surface area (Å²) in [7, 11) is -3.63. The second-order valence-electron chi connectivity index (χ2n) is 6.50. The first-order valence-corrected chi connectivity index (χ1v) is 9.44. The number of carbonyl (C=O) groups excluding carboxylic acids is 1. The molecule has 3 aliphatic rings. The quantitative estimate of drug-likeness (QED) is 0.798. The average molecular weight is 330 g/mol. The van der Waals surface area contributed by atoms with Gasteiger partial charge in [-0.05, 0) is 25.7 Å². The molecule has 7 nitrogen and oxygen atoms in total. The van der Waals surface area contributed by atoms with E-state index in [-0.39, 0.29) is 31.5 Å². The van der Waals surface area contributed by atoms with Gasteiger partial charge in [0.15, 0.2) is 0 Å². The normalized spacial score (nSPS) is 28.0. The minimum absolute atomic E-state index is 0.0576. The molecule has 0 aromatic heterocycles. The van der Waals surface area contributed by atoms with Crippen LogP contribution in [0.3, 0.4) is 0 Å². The van der Waals surface area contributed by atoms with Crippen LogP contribution in [-0.4, -0.2) is 65.5 Å². The molecule has 3 fully saturated rings. The molecular formula is C14H22N2O5S. The number of carboxylic acids is 1. The molecule has 124 valence electrons. The molecule has 0 aromatic carbocycles. The Morgan fingerprint density at radius 1 is 1.00 bits per heavy atom. The van der Waals surface area contributed by atoms with E-state index in [4.69, 9.17) is 5.11 Å². The van der Waals surface area contributed by atoms with Gasteiger partial charge in [0.05, 0.1) is 0 Å². The Labute approximate surface area is 130 Å². The number of aliphatic carboxylic acids is 1. The van der Waals surface area contributed by atoms with Crippen molar-refractivity contribution in [3.63, 3.8) is 0 Å². The summed E-state index contributed by atoms with van der Waals surface area (Å²) in [4.78, 5) is 25.0. The largest absolute Gasteiger partial charge is 0.480 e. The minimum Gasteiger partial charge on any atom is -0.480 e. The van der Waals surface area contributed by atoms with Gasteiger partial charge in [0.1, 0.15) is 11.3 Å². The number of amides is 1. The predicted molar refractivity (Wildman–Crippen MR) is 78.6 cm³/mol. The van der Waals surface area contributed by atoms with Crippen molar-refractivity contribution in [3.05, 3.63) is 0 Å². The van der Waals surface area contributed by atoms with Crippen molar-refractivity contribution in [2.45, 2.75) is 49.8 Å². The van der Waals surface area contributed by atoms with Crippen molar-refractivity contribution in [3.8, 4) is 0 Å². The molecule has 1 N–H and O–H groups in total. The molecule has 0 aromatic rings. The van der Waals surface area contributed by atoms with Crippen molar-refractivity contribution in [1.82, 2.24) is 9.21 Å². The van der Waals surface area contributed by atoms with Gasteiger partial charge < -0.3 is 10.0 Å². The van der Waals surface area contributed by atoms with E-state index in [0.29, 0.717) is 12.8 Å². The third kappa shape index (κ3) is 2.62.